The third-order valence-corrected chi connectivity index (χ3v) is 5.56. The highest BCUT2D eigenvalue weighted by Crippen LogP contribution is 2.25. The predicted molar refractivity (Wildman–Crippen MR) is 114 cm³/mol. The highest BCUT2D eigenvalue weighted by molar-refractivity contribution is 7.99. The van der Waals surface area contributed by atoms with Crippen molar-refractivity contribution < 1.29 is 9.53 Å². The Bertz CT molecular complexity index is 909. The van der Waals surface area contributed by atoms with Gasteiger partial charge in [0.1, 0.15) is 0 Å². The maximum Gasteiger partial charge on any atom is 0.233 e. The van der Waals surface area contributed by atoms with Gasteiger partial charge in [-0.1, -0.05) is 54.2 Å². The van der Waals surface area contributed by atoms with E-state index in [1.165, 1.54) is 11.8 Å². The Morgan fingerprint density at radius 2 is 1.86 bits per heavy atom. The number of hydrogen-bond acceptors (Lipinski definition) is 4. The molecule has 0 bridgehead atoms. The molecule has 0 saturated heterocycles. The zero-order valence-electron chi connectivity index (χ0n) is 16.7. The van der Waals surface area contributed by atoms with Crippen LogP contribution in [0.15, 0.2) is 59.8 Å². The van der Waals surface area contributed by atoms with E-state index in [0.717, 1.165) is 21.8 Å². The molecule has 5 nitrogen and oxygen atoms in total. The summed E-state index contributed by atoms with van der Waals surface area (Å²) in [5.74, 6) is 0.482. The molecule has 1 aromatic heterocycles. The van der Waals surface area contributed by atoms with Crippen LogP contribution in [0, 0.1) is 0 Å². The lowest BCUT2D eigenvalue weighted by Crippen LogP contribution is -2.37. The highest BCUT2D eigenvalue weighted by atomic mass is 32.2. The maximum absolute atomic E-state index is 12.9. The number of thioether (sulfide) groups is 1. The van der Waals surface area contributed by atoms with Gasteiger partial charge in [-0.3, -0.25) is 4.79 Å². The number of para-hydroxylation sites is 2. The molecule has 0 unspecified atom stereocenters. The summed E-state index contributed by atoms with van der Waals surface area (Å²) in [5, 5.41) is 0.856. The first kappa shape index (κ1) is 20.4. The zero-order valence-corrected chi connectivity index (χ0v) is 17.5. The van der Waals surface area contributed by atoms with Crippen molar-refractivity contribution in [2.24, 2.45) is 0 Å². The summed E-state index contributed by atoms with van der Waals surface area (Å²) in [6, 6.07) is 18.3. The van der Waals surface area contributed by atoms with Crippen molar-refractivity contribution in [2.75, 3.05) is 19.5 Å². The fourth-order valence-corrected chi connectivity index (χ4v) is 4.04. The number of benzene rings is 2. The summed E-state index contributed by atoms with van der Waals surface area (Å²) < 4.78 is 7.38. The first-order chi connectivity index (χ1) is 13.6. The molecule has 3 rings (SSSR count). The van der Waals surface area contributed by atoms with E-state index in [4.69, 9.17) is 9.72 Å². The van der Waals surface area contributed by atoms with Crippen LogP contribution in [0.1, 0.15) is 19.4 Å². The van der Waals surface area contributed by atoms with Crippen molar-refractivity contribution in [1.29, 1.82) is 0 Å². The molecule has 148 valence electrons. The Balaban J connectivity index is 1.73. The number of carbonyl (C=O) groups excluding carboxylic acids is 1. The summed E-state index contributed by atoms with van der Waals surface area (Å²) in [4.78, 5) is 19.6. The molecule has 2 aromatic carbocycles. The van der Waals surface area contributed by atoms with Crippen molar-refractivity contribution in [3.05, 3.63) is 60.2 Å². The minimum atomic E-state index is 0.120. The molecular weight excluding hydrogens is 370 g/mol. The van der Waals surface area contributed by atoms with E-state index < -0.39 is 0 Å². The number of imidazole rings is 1. The summed E-state index contributed by atoms with van der Waals surface area (Å²) in [6.07, 6.45) is 0. The lowest BCUT2D eigenvalue weighted by atomic mass is 10.2. The van der Waals surface area contributed by atoms with Crippen LogP contribution in [-0.2, 0) is 22.6 Å². The topological polar surface area (TPSA) is 47.4 Å². The highest BCUT2D eigenvalue weighted by Gasteiger charge is 2.19. The zero-order chi connectivity index (χ0) is 19.9. The van der Waals surface area contributed by atoms with Crippen LogP contribution in [-0.4, -0.2) is 45.9 Å². The number of rotatable bonds is 9. The second-order valence-electron chi connectivity index (χ2n) is 6.92. The van der Waals surface area contributed by atoms with Crippen molar-refractivity contribution in [2.45, 2.75) is 38.1 Å². The Hall–Kier alpha value is -2.31. The van der Waals surface area contributed by atoms with E-state index in [1.54, 1.807) is 7.11 Å². The van der Waals surface area contributed by atoms with Gasteiger partial charge in [0.15, 0.2) is 5.16 Å². The lowest BCUT2D eigenvalue weighted by Gasteiger charge is -2.27. The molecule has 0 N–H and O–H groups in total. The fraction of sp³-hybridized carbons (Fsp3) is 0.364. The standard InChI is InChI=1S/C22H27N3O2S/c1-17(2)25(15-18-9-5-4-6-10-18)21(26)16-28-22-23-19-11-7-8-12-20(19)24(22)13-14-27-3/h4-12,17H,13-16H2,1-3H3. The Labute approximate surface area is 170 Å². The number of fused-ring (bicyclic) bond motifs is 1. The van der Waals surface area contributed by atoms with Gasteiger partial charge in [0.25, 0.3) is 0 Å². The van der Waals surface area contributed by atoms with Gasteiger partial charge in [0.2, 0.25) is 5.91 Å². The molecule has 0 fully saturated rings. The van der Waals surface area contributed by atoms with Gasteiger partial charge in [0.05, 0.1) is 23.4 Å². The molecule has 28 heavy (non-hydrogen) atoms. The van der Waals surface area contributed by atoms with E-state index in [1.807, 2.05) is 41.3 Å². The van der Waals surface area contributed by atoms with Crippen LogP contribution < -0.4 is 0 Å². The van der Waals surface area contributed by atoms with Gasteiger partial charge in [-0.15, -0.1) is 0 Å². The van der Waals surface area contributed by atoms with Gasteiger partial charge in [0, 0.05) is 26.2 Å². The Kier molecular flexibility index (Phi) is 7.12. The van der Waals surface area contributed by atoms with E-state index in [2.05, 4.69) is 36.6 Å². The summed E-state index contributed by atoms with van der Waals surface area (Å²) >= 11 is 1.49. The number of nitrogens with zero attached hydrogens (tertiary/aromatic N) is 3. The van der Waals surface area contributed by atoms with Gasteiger partial charge in [-0.05, 0) is 31.5 Å². The Morgan fingerprint density at radius 3 is 2.57 bits per heavy atom. The minimum absolute atomic E-state index is 0.120. The largest absolute Gasteiger partial charge is 0.383 e. The molecule has 0 saturated carbocycles. The monoisotopic (exact) mass is 397 g/mol. The van der Waals surface area contributed by atoms with Gasteiger partial charge in [-0.25, -0.2) is 4.98 Å². The average molecular weight is 398 g/mol. The SMILES string of the molecule is COCCn1c(SCC(=O)N(Cc2ccccc2)C(C)C)nc2ccccc21. The number of ether oxygens (including phenoxy) is 1. The van der Waals surface area contributed by atoms with Crippen LogP contribution in [0.25, 0.3) is 11.0 Å². The first-order valence-electron chi connectivity index (χ1n) is 9.50. The minimum Gasteiger partial charge on any atom is -0.383 e. The smallest absolute Gasteiger partial charge is 0.233 e. The van der Waals surface area contributed by atoms with E-state index in [0.29, 0.717) is 25.4 Å². The number of amides is 1. The molecular formula is C22H27N3O2S. The molecule has 6 heteroatoms. The van der Waals surface area contributed by atoms with Crippen LogP contribution in [0.5, 0.6) is 0 Å². The van der Waals surface area contributed by atoms with Crippen molar-refractivity contribution >= 4 is 28.7 Å². The van der Waals surface area contributed by atoms with Crippen molar-refractivity contribution in [3.63, 3.8) is 0 Å². The maximum atomic E-state index is 12.9. The van der Waals surface area contributed by atoms with Crippen LogP contribution in [0.3, 0.4) is 0 Å². The van der Waals surface area contributed by atoms with E-state index in [9.17, 15) is 4.79 Å². The molecule has 0 aliphatic carbocycles. The van der Waals surface area contributed by atoms with Crippen molar-refractivity contribution in [3.8, 4) is 0 Å². The van der Waals surface area contributed by atoms with Crippen LogP contribution in [0.2, 0.25) is 0 Å². The molecule has 0 aliphatic heterocycles. The molecule has 1 heterocycles. The predicted octanol–water partition coefficient (Wildman–Crippen LogP) is 4.21. The van der Waals surface area contributed by atoms with Gasteiger partial charge in [-0.2, -0.15) is 0 Å². The first-order valence-corrected chi connectivity index (χ1v) is 10.5. The molecule has 0 radical (unpaired) electrons. The summed E-state index contributed by atoms with van der Waals surface area (Å²) in [7, 11) is 1.69. The van der Waals surface area contributed by atoms with E-state index in [-0.39, 0.29) is 11.9 Å². The third kappa shape index (κ3) is 4.94. The van der Waals surface area contributed by atoms with Crippen LogP contribution in [0.4, 0.5) is 0 Å². The van der Waals surface area contributed by atoms with Crippen molar-refractivity contribution in [1.82, 2.24) is 14.5 Å². The average Bonchev–Trinajstić information content (AvgIpc) is 3.06. The summed E-state index contributed by atoms with van der Waals surface area (Å²) in [6.45, 7) is 6.05. The van der Waals surface area contributed by atoms with Gasteiger partial charge < -0.3 is 14.2 Å². The lowest BCUT2D eigenvalue weighted by molar-refractivity contribution is -0.130. The second-order valence-corrected chi connectivity index (χ2v) is 7.86. The third-order valence-electron chi connectivity index (χ3n) is 4.60. The van der Waals surface area contributed by atoms with Gasteiger partial charge >= 0.3 is 0 Å². The number of aromatic nitrogens is 2. The Morgan fingerprint density at radius 1 is 1.14 bits per heavy atom. The quantitative estimate of drug-likeness (QED) is 0.508. The van der Waals surface area contributed by atoms with Crippen LogP contribution >= 0.6 is 11.8 Å². The van der Waals surface area contributed by atoms with E-state index >= 15 is 0 Å². The molecule has 0 spiro atoms. The molecule has 0 atom stereocenters. The number of methoxy groups -OCH3 is 1. The number of carbonyl (C=O) groups is 1. The second kappa shape index (κ2) is 9.75. The molecule has 3 aromatic rings. The molecule has 0 aliphatic rings. The fourth-order valence-electron chi connectivity index (χ4n) is 3.11. The summed E-state index contributed by atoms with van der Waals surface area (Å²) in [5.41, 5.74) is 3.15. The molecule has 1 amide bonds. The normalized spacial score (nSPS) is 11.3. The number of hydrogen-bond donors (Lipinski definition) is 0.